The summed E-state index contributed by atoms with van der Waals surface area (Å²) in [7, 11) is 0. The van der Waals surface area contributed by atoms with Crippen LogP contribution in [0.4, 0.5) is 17.3 Å². The maximum atomic E-state index is 12.7. The van der Waals surface area contributed by atoms with Crippen LogP contribution in [0, 0.1) is 0 Å². The summed E-state index contributed by atoms with van der Waals surface area (Å²) in [6, 6.07) is 0. The third-order valence-electron chi connectivity index (χ3n) is 3.83. The Morgan fingerprint density at radius 2 is 2.29 bits per heavy atom. The molecular formula is C10H12BrN5NaO5PS. The van der Waals surface area contributed by atoms with Crippen LogP contribution in [0.3, 0.4) is 0 Å². The third-order valence-corrected chi connectivity index (χ3v) is 6.06. The second kappa shape index (κ2) is 6.86. The molecule has 0 aliphatic carbocycles. The molecule has 10 nitrogen and oxygen atoms in total. The van der Waals surface area contributed by atoms with E-state index in [1.165, 1.54) is 6.33 Å². The Kier molecular flexibility index (Phi) is 5.48. The summed E-state index contributed by atoms with van der Waals surface area (Å²) in [5, 5.41) is 15.3. The van der Waals surface area contributed by atoms with Gasteiger partial charge in [0.2, 0.25) is 0 Å². The van der Waals surface area contributed by atoms with Gasteiger partial charge in [0.15, 0.2) is 16.7 Å². The van der Waals surface area contributed by atoms with Gasteiger partial charge < -0.3 is 34.8 Å². The van der Waals surface area contributed by atoms with Gasteiger partial charge in [0.05, 0.1) is 12.7 Å². The number of nitrogens with two attached hydrogens (primary N) is 1. The van der Waals surface area contributed by atoms with E-state index in [1.54, 1.807) is 4.90 Å². The van der Waals surface area contributed by atoms with Crippen molar-refractivity contribution in [3.63, 3.8) is 0 Å². The van der Waals surface area contributed by atoms with Gasteiger partial charge in [0, 0.05) is 0 Å². The minimum absolute atomic E-state index is 0. The zero-order valence-corrected chi connectivity index (χ0v) is 17.7. The van der Waals surface area contributed by atoms with Gasteiger partial charge in [0.25, 0.3) is 0 Å². The van der Waals surface area contributed by atoms with Crippen molar-refractivity contribution in [2.45, 2.75) is 29.6 Å². The molecule has 1 aromatic rings. The zero-order chi connectivity index (χ0) is 16.4. The van der Waals surface area contributed by atoms with Gasteiger partial charge in [-0.15, -0.1) is 0 Å². The van der Waals surface area contributed by atoms with E-state index in [0.717, 1.165) is 0 Å². The molecule has 126 valence electrons. The van der Waals surface area contributed by atoms with E-state index < -0.39 is 36.3 Å². The van der Waals surface area contributed by atoms with Gasteiger partial charge in [-0.1, -0.05) is 0 Å². The molecule has 4 heterocycles. The number of rotatable bonds is 1. The molecule has 0 radical (unpaired) electrons. The maximum absolute atomic E-state index is 12.7. The van der Waals surface area contributed by atoms with Gasteiger partial charge in [-0.2, -0.15) is 0 Å². The van der Waals surface area contributed by atoms with Gasteiger partial charge in [-0.25, -0.2) is 9.97 Å². The number of ether oxygens (including phenoxy) is 1. The molecule has 2 saturated heterocycles. The summed E-state index contributed by atoms with van der Waals surface area (Å²) in [6.45, 7) is -3.36. The van der Waals surface area contributed by atoms with E-state index in [-0.39, 0.29) is 42.0 Å². The number of nitrogens with zero attached hydrogens (tertiary/aromatic N) is 3. The molecule has 4 rings (SSSR count). The molecule has 6 atom stereocenters. The second-order valence-corrected chi connectivity index (χ2v) is 8.87. The molecule has 0 amide bonds. The first-order valence-corrected chi connectivity index (χ1v) is 10.1. The molecule has 3 aliphatic heterocycles. The Bertz CT molecular complexity index is 706. The minimum Gasteiger partial charge on any atom is -0.847 e. The number of halogens is 1. The summed E-state index contributed by atoms with van der Waals surface area (Å²) in [5.74, 6) is 0.721. The van der Waals surface area contributed by atoms with Gasteiger partial charge >= 0.3 is 36.3 Å². The predicted molar refractivity (Wildman–Crippen MR) is 85.0 cm³/mol. The summed E-state index contributed by atoms with van der Waals surface area (Å²) in [4.78, 5) is 19.4. The molecular weight excluding hydrogens is 436 g/mol. The molecule has 2 fully saturated rings. The average molecular weight is 448 g/mol. The van der Waals surface area contributed by atoms with Crippen molar-refractivity contribution in [2.75, 3.05) is 22.6 Å². The Balaban J connectivity index is 0.00000169. The van der Waals surface area contributed by atoms with Crippen molar-refractivity contribution < 1.29 is 53.3 Å². The Morgan fingerprint density at radius 3 is 3.04 bits per heavy atom. The van der Waals surface area contributed by atoms with Crippen molar-refractivity contribution in [2.24, 2.45) is 0 Å². The molecule has 14 heteroatoms. The second-order valence-electron chi connectivity index (χ2n) is 5.21. The van der Waals surface area contributed by atoms with Crippen molar-refractivity contribution >= 4 is 51.8 Å². The first kappa shape index (κ1) is 19.2. The predicted octanol–water partition coefficient (Wildman–Crippen LogP) is -3.94. The fourth-order valence-corrected chi connectivity index (χ4v) is 4.91. The van der Waals surface area contributed by atoms with Crippen LogP contribution in [-0.4, -0.2) is 51.1 Å². The monoisotopic (exact) mass is 447 g/mol. The largest absolute Gasteiger partial charge is 1.00 e. The number of anilines is 3. The summed E-state index contributed by atoms with van der Waals surface area (Å²) >= 11 is 8.22. The van der Waals surface area contributed by atoms with E-state index in [9.17, 15) is 10.00 Å². The molecule has 0 bridgehead atoms. The van der Waals surface area contributed by atoms with E-state index in [2.05, 4.69) is 31.2 Å². The van der Waals surface area contributed by atoms with Crippen LogP contribution in [0.5, 0.6) is 0 Å². The van der Waals surface area contributed by atoms with Gasteiger partial charge in [0.1, 0.15) is 24.3 Å². The van der Waals surface area contributed by atoms with Crippen molar-refractivity contribution in [1.29, 1.82) is 0 Å². The van der Waals surface area contributed by atoms with Crippen LogP contribution in [0.1, 0.15) is 0 Å². The number of alkyl halides is 1. The van der Waals surface area contributed by atoms with E-state index in [4.69, 9.17) is 31.3 Å². The summed E-state index contributed by atoms with van der Waals surface area (Å²) in [6.07, 6.45) is -2.37. The van der Waals surface area contributed by atoms with Crippen LogP contribution in [-0.2, 0) is 25.6 Å². The molecule has 0 aromatic carbocycles. The molecule has 0 spiro atoms. The first-order valence-electron chi connectivity index (χ1n) is 6.64. The van der Waals surface area contributed by atoms with E-state index in [1.807, 2.05) is 0 Å². The summed E-state index contributed by atoms with van der Waals surface area (Å²) in [5.41, 5.74) is 6.33. The third kappa shape index (κ3) is 3.12. The zero-order valence-electron chi connectivity index (χ0n) is 12.4. The standard InChI is InChI=1S/C10H12BrN5O5PS.Na/c11-10-15-4-7(12)13-2-14-8(4)16(10)9-5(17)6-3(20-9)1-19-22(18,23)21-6;/h2-3,5-6,9-10,15H,1H2,(H,18,23)(H2,12,13,14);/q-1;+1/t3?,5-,6+,9-,10?,22?;/m1./s1. The fraction of sp³-hybridized carbons (Fsp3) is 0.600. The van der Waals surface area contributed by atoms with Crippen molar-refractivity contribution in [1.82, 2.24) is 9.97 Å². The van der Waals surface area contributed by atoms with Crippen LogP contribution in [0.2, 0.25) is 0 Å². The van der Waals surface area contributed by atoms with Crippen molar-refractivity contribution in [3.8, 4) is 0 Å². The number of aromatic nitrogens is 2. The fourth-order valence-electron chi connectivity index (χ4n) is 2.81. The van der Waals surface area contributed by atoms with Crippen LogP contribution >= 0.6 is 22.6 Å². The molecule has 3 unspecified atom stereocenters. The number of hydrogen-bond acceptors (Lipinski definition) is 10. The minimum atomic E-state index is -3.38. The molecule has 1 aromatic heterocycles. The SMILES string of the molecule is Nc1ncnc2c1NC(Br)N2[C@@H]1OC2COP(O)(=S)O[C@@H]2[C@H]1[O-].[Na+]. The smallest absolute Gasteiger partial charge is 0.847 e. The topological polar surface area (TPSA) is 138 Å². The Morgan fingerprint density at radius 1 is 1.54 bits per heavy atom. The average Bonchev–Trinajstić information content (AvgIpc) is 2.97. The first-order chi connectivity index (χ1) is 10.9. The number of fused-ring (bicyclic) bond motifs is 2. The molecule has 0 saturated carbocycles. The van der Waals surface area contributed by atoms with E-state index >= 15 is 0 Å². The molecule has 24 heavy (non-hydrogen) atoms. The van der Waals surface area contributed by atoms with Gasteiger partial charge in [-0.3, -0.25) is 4.90 Å². The molecule has 4 N–H and O–H groups in total. The number of hydrogen-bond donors (Lipinski definition) is 3. The van der Waals surface area contributed by atoms with Crippen LogP contribution in [0.25, 0.3) is 0 Å². The number of nitrogens with one attached hydrogen (secondary N) is 1. The normalized spacial score (nSPS) is 40.5. The van der Waals surface area contributed by atoms with E-state index in [0.29, 0.717) is 11.5 Å². The maximum Gasteiger partial charge on any atom is 1.00 e. The van der Waals surface area contributed by atoms with Gasteiger partial charge in [-0.05, 0) is 33.8 Å². The van der Waals surface area contributed by atoms with Crippen LogP contribution in [0.15, 0.2) is 6.33 Å². The quantitative estimate of drug-likeness (QED) is 0.168. The molecule has 3 aliphatic rings. The summed E-state index contributed by atoms with van der Waals surface area (Å²) < 4.78 is 16.1. The Labute approximate surface area is 172 Å². The number of nitrogen functional groups attached to an aromatic ring is 1. The van der Waals surface area contributed by atoms with Crippen LogP contribution < -0.4 is 50.6 Å². The Hall–Kier alpha value is 0.410. The van der Waals surface area contributed by atoms with Crippen molar-refractivity contribution in [3.05, 3.63) is 6.33 Å².